The average molecular weight is 326 g/mol. The van der Waals surface area contributed by atoms with Crippen LogP contribution in [-0.2, 0) is 10.5 Å². The van der Waals surface area contributed by atoms with Crippen molar-refractivity contribution in [3.05, 3.63) is 35.1 Å². The quantitative estimate of drug-likeness (QED) is 0.407. The molecule has 2 atom stereocenters. The third-order valence-electron chi connectivity index (χ3n) is 4.80. The second-order valence-electron chi connectivity index (χ2n) is 6.69. The summed E-state index contributed by atoms with van der Waals surface area (Å²) in [5.41, 5.74) is 18.5. The molecule has 1 aliphatic carbocycles. The van der Waals surface area contributed by atoms with E-state index in [2.05, 4.69) is 0 Å². The lowest BCUT2D eigenvalue weighted by Gasteiger charge is -2.58. The highest BCUT2D eigenvalue weighted by molar-refractivity contribution is 5.69. The first-order valence-corrected chi connectivity index (χ1v) is 7.26. The molecule has 0 radical (unpaired) electrons. The van der Waals surface area contributed by atoms with Crippen LogP contribution in [0.2, 0.25) is 0 Å². The minimum absolute atomic E-state index is 0.163. The zero-order valence-corrected chi connectivity index (χ0v) is 13.1. The summed E-state index contributed by atoms with van der Waals surface area (Å²) in [5, 5.41) is 20.4. The van der Waals surface area contributed by atoms with Crippen molar-refractivity contribution >= 4 is 5.97 Å². The summed E-state index contributed by atoms with van der Waals surface area (Å²) in [4.78, 5) is 11.3. The molecule has 10 N–H and O–H groups in total. The fourth-order valence-electron chi connectivity index (χ4n) is 3.65. The monoisotopic (exact) mass is 326 g/mol. The standard InChI is InChI=1S/C15H23FN4O3/c1-7(2)12-9-4-3-8(16)5-10(9)14(17,18)15(19,20)13(12,23)6-11(21)22/h3-5,7,12,23H,6,17-20H2,1-2H3,(H,21,22). The summed E-state index contributed by atoms with van der Waals surface area (Å²) < 4.78 is 13.7. The van der Waals surface area contributed by atoms with Crippen LogP contribution in [0.25, 0.3) is 0 Å². The molecule has 8 heteroatoms. The smallest absolute Gasteiger partial charge is 0.306 e. The highest BCUT2D eigenvalue weighted by Crippen LogP contribution is 2.51. The van der Waals surface area contributed by atoms with Crippen LogP contribution >= 0.6 is 0 Å². The second kappa shape index (κ2) is 5.22. The largest absolute Gasteiger partial charge is 0.481 e. The van der Waals surface area contributed by atoms with Crippen LogP contribution in [0.1, 0.15) is 37.3 Å². The van der Waals surface area contributed by atoms with Crippen LogP contribution in [-0.4, -0.2) is 27.4 Å². The van der Waals surface area contributed by atoms with E-state index in [1.807, 2.05) is 0 Å². The van der Waals surface area contributed by atoms with Crippen LogP contribution in [0.4, 0.5) is 4.39 Å². The van der Waals surface area contributed by atoms with Crippen molar-refractivity contribution in [2.45, 2.75) is 43.1 Å². The molecule has 0 aromatic heterocycles. The summed E-state index contributed by atoms with van der Waals surface area (Å²) >= 11 is 0. The summed E-state index contributed by atoms with van der Waals surface area (Å²) in [6.07, 6.45) is -0.740. The maximum absolute atomic E-state index is 13.7. The number of hydrogen-bond acceptors (Lipinski definition) is 6. The van der Waals surface area contributed by atoms with E-state index in [1.165, 1.54) is 12.1 Å². The SMILES string of the molecule is CC(C)C1c2ccc(F)cc2C(N)(N)C(N)(N)C1(O)CC(=O)O. The molecule has 0 saturated carbocycles. The number of carboxylic acid groups (broad SMARTS) is 1. The molecule has 0 spiro atoms. The van der Waals surface area contributed by atoms with E-state index in [0.717, 1.165) is 6.07 Å². The van der Waals surface area contributed by atoms with Crippen LogP contribution < -0.4 is 22.9 Å². The van der Waals surface area contributed by atoms with Crippen molar-refractivity contribution < 1.29 is 19.4 Å². The molecular weight excluding hydrogens is 303 g/mol. The predicted molar refractivity (Wildman–Crippen MR) is 82.3 cm³/mol. The van der Waals surface area contributed by atoms with E-state index in [-0.39, 0.29) is 11.5 Å². The maximum atomic E-state index is 13.7. The van der Waals surface area contributed by atoms with Crippen molar-refractivity contribution in [3.63, 3.8) is 0 Å². The van der Waals surface area contributed by atoms with Gasteiger partial charge in [-0.05, 0) is 29.2 Å². The van der Waals surface area contributed by atoms with Gasteiger partial charge < -0.3 is 33.1 Å². The van der Waals surface area contributed by atoms with Crippen molar-refractivity contribution in [2.24, 2.45) is 28.9 Å². The van der Waals surface area contributed by atoms with Gasteiger partial charge in [-0.2, -0.15) is 0 Å². The molecule has 128 valence electrons. The number of aliphatic carboxylic acids is 1. The van der Waals surface area contributed by atoms with E-state index in [4.69, 9.17) is 22.9 Å². The number of rotatable bonds is 3. The molecule has 1 aromatic carbocycles. The summed E-state index contributed by atoms with van der Waals surface area (Å²) in [5.74, 6) is -2.89. The molecule has 0 saturated heterocycles. The number of halogens is 1. The van der Waals surface area contributed by atoms with Crippen molar-refractivity contribution in [1.29, 1.82) is 0 Å². The van der Waals surface area contributed by atoms with Gasteiger partial charge in [0.2, 0.25) is 0 Å². The van der Waals surface area contributed by atoms with Crippen molar-refractivity contribution in [2.75, 3.05) is 0 Å². The molecule has 1 aromatic rings. The molecule has 0 heterocycles. The molecule has 0 amide bonds. The summed E-state index contributed by atoms with van der Waals surface area (Å²) in [7, 11) is 0. The second-order valence-corrected chi connectivity index (χ2v) is 6.69. The Labute approximate surface area is 133 Å². The molecular formula is C15H23FN4O3. The topological polar surface area (TPSA) is 162 Å². The minimum atomic E-state index is -2.19. The van der Waals surface area contributed by atoms with Gasteiger partial charge in [0.05, 0.1) is 6.42 Å². The Balaban J connectivity index is 2.84. The predicted octanol–water partition coefficient (Wildman–Crippen LogP) is -0.531. The van der Waals surface area contributed by atoms with Crippen LogP contribution in [0.15, 0.2) is 18.2 Å². The van der Waals surface area contributed by atoms with Gasteiger partial charge in [-0.25, -0.2) is 4.39 Å². The van der Waals surface area contributed by atoms with E-state index in [9.17, 15) is 19.4 Å². The Kier molecular flexibility index (Phi) is 4.03. The Bertz CT molecular complexity index is 648. The molecule has 7 nitrogen and oxygen atoms in total. The van der Waals surface area contributed by atoms with Gasteiger partial charge in [0.25, 0.3) is 0 Å². The Hall–Kier alpha value is -1.58. The molecule has 0 fully saturated rings. The van der Waals surface area contributed by atoms with E-state index in [0.29, 0.717) is 5.56 Å². The molecule has 0 aliphatic heterocycles. The highest BCUT2D eigenvalue weighted by Gasteiger charge is 2.65. The van der Waals surface area contributed by atoms with Gasteiger partial charge >= 0.3 is 5.97 Å². The molecule has 1 aliphatic rings. The Morgan fingerprint density at radius 1 is 1.30 bits per heavy atom. The highest BCUT2D eigenvalue weighted by atomic mass is 19.1. The van der Waals surface area contributed by atoms with Crippen molar-refractivity contribution in [1.82, 2.24) is 0 Å². The number of carbonyl (C=O) groups is 1. The van der Waals surface area contributed by atoms with Crippen LogP contribution in [0.3, 0.4) is 0 Å². The fraction of sp³-hybridized carbons (Fsp3) is 0.533. The van der Waals surface area contributed by atoms with Gasteiger partial charge in [-0.3, -0.25) is 4.79 Å². The lowest BCUT2D eigenvalue weighted by atomic mass is 9.57. The molecule has 2 unspecified atom stereocenters. The summed E-state index contributed by atoms with van der Waals surface area (Å²) in [6, 6.07) is 3.76. The summed E-state index contributed by atoms with van der Waals surface area (Å²) in [6.45, 7) is 3.56. The van der Waals surface area contributed by atoms with Gasteiger partial charge in [-0.15, -0.1) is 0 Å². The number of aliphatic hydroxyl groups is 1. The number of carboxylic acids is 1. The lowest BCUT2D eigenvalue weighted by molar-refractivity contribution is -0.157. The number of nitrogens with two attached hydrogens (primary N) is 4. The van der Waals surface area contributed by atoms with Gasteiger partial charge in [-0.1, -0.05) is 19.9 Å². The van der Waals surface area contributed by atoms with Gasteiger partial charge in [0.15, 0.2) is 0 Å². The van der Waals surface area contributed by atoms with E-state index in [1.54, 1.807) is 13.8 Å². The fourth-order valence-corrected chi connectivity index (χ4v) is 3.65. The van der Waals surface area contributed by atoms with Crippen molar-refractivity contribution in [3.8, 4) is 0 Å². The zero-order chi connectivity index (χ0) is 17.8. The Morgan fingerprint density at radius 3 is 2.35 bits per heavy atom. The maximum Gasteiger partial charge on any atom is 0.306 e. The lowest BCUT2D eigenvalue weighted by Crippen LogP contribution is -2.86. The van der Waals surface area contributed by atoms with Crippen LogP contribution in [0, 0.1) is 11.7 Å². The van der Waals surface area contributed by atoms with Gasteiger partial charge in [0, 0.05) is 5.92 Å². The number of benzene rings is 1. The van der Waals surface area contributed by atoms with E-state index >= 15 is 0 Å². The Morgan fingerprint density at radius 2 is 1.87 bits per heavy atom. The zero-order valence-electron chi connectivity index (χ0n) is 13.1. The van der Waals surface area contributed by atoms with E-state index < -0.39 is 41.1 Å². The average Bonchev–Trinajstić information content (AvgIpc) is 2.37. The molecule has 23 heavy (non-hydrogen) atoms. The molecule has 2 rings (SSSR count). The first-order chi connectivity index (χ1) is 10.4. The third kappa shape index (κ3) is 2.34. The first kappa shape index (κ1) is 17.8. The first-order valence-electron chi connectivity index (χ1n) is 7.26. The normalized spacial score (nSPS) is 28.5. The molecule has 0 bridgehead atoms. The van der Waals surface area contributed by atoms with Gasteiger partial charge in [0.1, 0.15) is 22.7 Å². The minimum Gasteiger partial charge on any atom is -0.481 e. The number of hydrogen-bond donors (Lipinski definition) is 6. The third-order valence-corrected chi connectivity index (χ3v) is 4.80. The number of fused-ring (bicyclic) bond motifs is 1. The van der Waals surface area contributed by atoms with Crippen LogP contribution in [0.5, 0.6) is 0 Å².